The summed E-state index contributed by atoms with van der Waals surface area (Å²) in [6, 6.07) is 15.7. The van der Waals surface area contributed by atoms with E-state index in [1.165, 1.54) is 47.0 Å². The number of rotatable bonds is 5. The van der Waals surface area contributed by atoms with E-state index in [4.69, 9.17) is 5.73 Å². The van der Waals surface area contributed by atoms with Gasteiger partial charge in [-0.3, -0.25) is 9.52 Å². The van der Waals surface area contributed by atoms with Crippen LogP contribution in [0.1, 0.15) is 16.1 Å². The number of nitrogens with zero attached hydrogens (tertiary/aromatic N) is 2. The van der Waals surface area contributed by atoms with Gasteiger partial charge in [0.2, 0.25) is 10.0 Å². The summed E-state index contributed by atoms with van der Waals surface area (Å²) in [5, 5.41) is 10.1. The van der Waals surface area contributed by atoms with Crippen molar-refractivity contribution in [1.29, 1.82) is 5.26 Å². The van der Waals surface area contributed by atoms with Gasteiger partial charge in [0.15, 0.2) is 0 Å². The minimum absolute atomic E-state index is 0.0614. The van der Waals surface area contributed by atoms with E-state index in [2.05, 4.69) is 4.72 Å². The Morgan fingerprint density at radius 3 is 2.45 bits per heavy atom. The maximum atomic E-state index is 14.4. The lowest BCUT2D eigenvalue weighted by molar-refractivity contribution is 0.0994. The van der Waals surface area contributed by atoms with Crippen LogP contribution >= 0.6 is 0 Å². The Hall–Kier alpha value is -4.23. The number of nitriles is 1. The van der Waals surface area contributed by atoms with Crippen molar-refractivity contribution in [3.05, 3.63) is 83.6 Å². The Bertz CT molecular complexity index is 1590. The molecule has 0 unspecified atom stereocenters. The average Bonchev–Trinajstić information content (AvgIpc) is 3.11. The first-order valence-electron chi connectivity index (χ1n) is 9.50. The molecule has 3 N–H and O–H groups in total. The van der Waals surface area contributed by atoms with Gasteiger partial charge >= 0.3 is 0 Å². The molecule has 0 fully saturated rings. The molecule has 1 heterocycles. The number of benzene rings is 3. The maximum Gasteiger partial charge on any atom is 0.265 e. The van der Waals surface area contributed by atoms with E-state index in [0.717, 1.165) is 18.4 Å². The first kappa shape index (κ1) is 22.0. The number of hydrogen-bond acceptors (Lipinski definition) is 4. The lowest BCUT2D eigenvalue weighted by Gasteiger charge is -2.13. The molecule has 0 radical (unpaired) electrons. The Morgan fingerprint density at radius 2 is 1.82 bits per heavy atom. The first-order valence-corrected chi connectivity index (χ1v) is 11.4. The second-order valence-electron chi connectivity index (χ2n) is 7.38. The van der Waals surface area contributed by atoms with Gasteiger partial charge in [0.25, 0.3) is 5.91 Å². The van der Waals surface area contributed by atoms with Crippen LogP contribution in [0.3, 0.4) is 0 Å². The molecule has 166 valence electrons. The zero-order chi connectivity index (χ0) is 23.9. The molecule has 10 heteroatoms. The molecule has 0 aliphatic rings. The molecule has 0 saturated carbocycles. The molecule has 4 rings (SSSR count). The van der Waals surface area contributed by atoms with Crippen molar-refractivity contribution in [2.75, 3.05) is 11.0 Å². The van der Waals surface area contributed by atoms with Crippen LogP contribution in [0.25, 0.3) is 27.7 Å². The molecular weight excluding hydrogens is 450 g/mol. The minimum Gasteiger partial charge on any atom is -0.364 e. The zero-order valence-corrected chi connectivity index (χ0v) is 18.0. The summed E-state index contributed by atoms with van der Waals surface area (Å²) in [6.07, 6.45) is 1.00. The van der Waals surface area contributed by atoms with Crippen LogP contribution in [0.4, 0.5) is 14.5 Å². The quantitative estimate of drug-likeness (QED) is 0.463. The third-order valence-corrected chi connectivity index (χ3v) is 5.51. The second kappa shape index (κ2) is 8.03. The Balaban J connectivity index is 2.01. The van der Waals surface area contributed by atoms with Gasteiger partial charge in [0.1, 0.15) is 17.3 Å². The molecule has 0 spiro atoms. The number of halogens is 2. The predicted molar refractivity (Wildman–Crippen MR) is 120 cm³/mol. The highest BCUT2D eigenvalue weighted by Crippen LogP contribution is 2.32. The summed E-state index contributed by atoms with van der Waals surface area (Å²) in [6.45, 7) is 0. The normalized spacial score (nSPS) is 11.3. The Kier molecular flexibility index (Phi) is 5.35. The lowest BCUT2D eigenvalue weighted by Crippen LogP contribution is -2.16. The van der Waals surface area contributed by atoms with E-state index in [9.17, 15) is 27.3 Å². The van der Waals surface area contributed by atoms with Crippen LogP contribution < -0.4 is 10.5 Å². The molecule has 7 nitrogen and oxygen atoms in total. The van der Waals surface area contributed by atoms with Crippen molar-refractivity contribution >= 4 is 32.5 Å². The van der Waals surface area contributed by atoms with Crippen LogP contribution in [-0.2, 0) is 10.0 Å². The van der Waals surface area contributed by atoms with Crippen LogP contribution in [0.5, 0.6) is 0 Å². The number of sulfonamides is 1. The van der Waals surface area contributed by atoms with E-state index in [1.54, 1.807) is 6.07 Å². The summed E-state index contributed by atoms with van der Waals surface area (Å²) in [5.74, 6) is -2.32. The number of primary amides is 1. The molecule has 0 atom stereocenters. The van der Waals surface area contributed by atoms with E-state index >= 15 is 0 Å². The monoisotopic (exact) mass is 466 g/mol. The second-order valence-corrected chi connectivity index (χ2v) is 9.13. The predicted octanol–water partition coefficient (Wildman–Crippen LogP) is 3.92. The molecule has 4 aromatic rings. The van der Waals surface area contributed by atoms with Crippen molar-refractivity contribution in [3.63, 3.8) is 0 Å². The highest BCUT2D eigenvalue weighted by atomic mass is 32.2. The van der Waals surface area contributed by atoms with Gasteiger partial charge in [0, 0.05) is 22.7 Å². The molecule has 3 aromatic carbocycles. The number of aromatic nitrogens is 1. The van der Waals surface area contributed by atoms with Gasteiger partial charge in [-0.05, 0) is 54.1 Å². The molecular formula is C23H16F2N4O3S. The van der Waals surface area contributed by atoms with E-state index in [1.807, 2.05) is 6.07 Å². The molecule has 1 amide bonds. The van der Waals surface area contributed by atoms with E-state index in [0.29, 0.717) is 16.6 Å². The van der Waals surface area contributed by atoms with Crippen molar-refractivity contribution in [2.45, 2.75) is 0 Å². The average molecular weight is 466 g/mol. The van der Waals surface area contributed by atoms with Gasteiger partial charge in [-0.2, -0.15) is 5.26 Å². The van der Waals surface area contributed by atoms with Crippen molar-refractivity contribution in [1.82, 2.24) is 4.57 Å². The van der Waals surface area contributed by atoms with Gasteiger partial charge < -0.3 is 10.3 Å². The summed E-state index contributed by atoms with van der Waals surface area (Å²) >= 11 is 0. The van der Waals surface area contributed by atoms with Gasteiger partial charge in [-0.25, -0.2) is 17.2 Å². The summed E-state index contributed by atoms with van der Waals surface area (Å²) in [5.41, 5.74) is 7.15. The molecule has 0 aliphatic carbocycles. The Labute approximate surface area is 187 Å². The lowest BCUT2D eigenvalue weighted by atomic mass is 10.0. The topological polar surface area (TPSA) is 118 Å². The van der Waals surface area contributed by atoms with E-state index < -0.39 is 27.6 Å². The van der Waals surface area contributed by atoms with Gasteiger partial charge in [0.05, 0.1) is 29.1 Å². The summed E-state index contributed by atoms with van der Waals surface area (Å²) in [7, 11) is -3.56. The number of hydrogen-bond donors (Lipinski definition) is 2. The van der Waals surface area contributed by atoms with E-state index in [-0.39, 0.29) is 28.1 Å². The standard InChI is InChI=1S/C23H16F2N4O3S/c1-33(31,32)28-17-4-2-14-9-22(23(27)30)29(21(14)11-17)18-7-13(12-26)6-15(8-18)19-5-3-16(24)10-20(19)25/h2-11,28H,1H3,(H2,27,30). The highest BCUT2D eigenvalue weighted by molar-refractivity contribution is 7.92. The number of amides is 1. The largest absolute Gasteiger partial charge is 0.364 e. The maximum absolute atomic E-state index is 14.4. The zero-order valence-electron chi connectivity index (χ0n) is 17.1. The van der Waals surface area contributed by atoms with Crippen molar-refractivity contribution in [2.24, 2.45) is 5.73 Å². The fraction of sp³-hybridized carbons (Fsp3) is 0.0435. The van der Waals surface area contributed by atoms with Crippen LogP contribution in [-0.4, -0.2) is 25.1 Å². The van der Waals surface area contributed by atoms with Crippen LogP contribution in [0.2, 0.25) is 0 Å². The highest BCUT2D eigenvalue weighted by Gasteiger charge is 2.18. The Morgan fingerprint density at radius 1 is 1.06 bits per heavy atom. The number of fused-ring (bicyclic) bond motifs is 1. The van der Waals surface area contributed by atoms with Crippen LogP contribution in [0, 0.1) is 23.0 Å². The van der Waals surface area contributed by atoms with Gasteiger partial charge in [-0.1, -0.05) is 6.07 Å². The first-order chi connectivity index (χ1) is 15.6. The molecule has 0 bridgehead atoms. The number of anilines is 1. The summed E-state index contributed by atoms with van der Waals surface area (Å²) in [4.78, 5) is 12.2. The third kappa shape index (κ3) is 4.40. The smallest absolute Gasteiger partial charge is 0.265 e. The molecule has 0 saturated heterocycles. The number of carbonyl (C=O) groups excluding carboxylic acids is 1. The fourth-order valence-corrected chi connectivity index (χ4v) is 4.18. The number of nitrogens with two attached hydrogens (primary N) is 1. The third-order valence-electron chi connectivity index (χ3n) is 4.91. The van der Waals surface area contributed by atoms with Crippen LogP contribution in [0.15, 0.2) is 60.7 Å². The fourth-order valence-electron chi connectivity index (χ4n) is 3.62. The number of carbonyl (C=O) groups is 1. The molecule has 0 aliphatic heterocycles. The molecule has 1 aromatic heterocycles. The van der Waals surface area contributed by atoms with Crippen molar-refractivity contribution < 1.29 is 22.0 Å². The molecule has 33 heavy (non-hydrogen) atoms. The summed E-state index contributed by atoms with van der Waals surface area (Å²) < 4.78 is 55.0. The van der Waals surface area contributed by atoms with Gasteiger partial charge in [-0.15, -0.1) is 0 Å². The number of nitrogens with one attached hydrogen (secondary N) is 1. The minimum atomic E-state index is -3.56. The SMILES string of the molecule is CS(=O)(=O)Nc1ccc2cc(C(N)=O)n(-c3cc(C#N)cc(-c4ccc(F)cc4F)c3)c2c1. The van der Waals surface area contributed by atoms with Crippen molar-refractivity contribution in [3.8, 4) is 22.9 Å².